The lowest BCUT2D eigenvalue weighted by Gasteiger charge is -2.07. The maximum atomic E-state index is 12.4. The number of nitrogens with one attached hydrogen (secondary N) is 2. The summed E-state index contributed by atoms with van der Waals surface area (Å²) in [5, 5.41) is 8.85. The molecule has 3 aromatic rings. The van der Waals surface area contributed by atoms with E-state index in [-0.39, 0.29) is 12.5 Å². The quantitative estimate of drug-likeness (QED) is 0.537. The number of hydrogen-bond acceptors (Lipinski definition) is 3. The van der Waals surface area contributed by atoms with Crippen LogP contribution in [0.3, 0.4) is 0 Å². The van der Waals surface area contributed by atoms with Crippen molar-refractivity contribution in [2.24, 2.45) is 5.10 Å². The maximum absolute atomic E-state index is 12.4. The van der Waals surface area contributed by atoms with E-state index >= 15 is 0 Å². The van der Waals surface area contributed by atoms with Gasteiger partial charge in [0.2, 0.25) is 0 Å². The van der Waals surface area contributed by atoms with E-state index in [4.69, 9.17) is 11.6 Å². The first kappa shape index (κ1) is 17.6. The van der Waals surface area contributed by atoms with Crippen molar-refractivity contribution in [2.45, 2.75) is 0 Å². The van der Waals surface area contributed by atoms with Gasteiger partial charge in [-0.15, -0.1) is 0 Å². The highest BCUT2D eigenvalue weighted by Crippen LogP contribution is 2.18. The zero-order chi connectivity index (χ0) is 18.4. The molecule has 0 aromatic heterocycles. The van der Waals surface area contributed by atoms with E-state index in [0.717, 1.165) is 16.3 Å². The van der Waals surface area contributed by atoms with E-state index < -0.39 is 5.91 Å². The molecular weight excluding hydrogens is 350 g/mol. The SMILES string of the molecule is O=C(CNC(=O)c1cccc2ccccc12)N/N=C\c1cccc(Cl)c1. The molecule has 3 rings (SSSR count). The van der Waals surface area contributed by atoms with Gasteiger partial charge in [0, 0.05) is 10.6 Å². The van der Waals surface area contributed by atoms with Crippen molar-refractivity contribution >= 4 is 40.4 Å². The van der Waals surface area contributed by atoms with Crippen LogP contribution in [0, 0.1) is 0 Å². The van der Waals surface area contributed by atoms with Gasteiger partial charge in [0.15, 0.2) is 0 Å². The van der Waals surface area contributed by atoms with Gasteiger partial charge < -0.3 is 5.32 Å². The van der Waals surface area contributed by atoms with Gasteiger partial charge in [-0.2, -0.15) is 5.10 Å². The largest absolute Gasteiger partial charge is 0.343 e. The predicted molar refractivity (Wildman–Crippen MR) is 103 cm³/mol. The number of nitrogens with zero attached hydrogens (tertiary/aromatic N) is 1. The van der Waals surface area contributed by atoms with Crippen molar-refractivity contribution in [1.29, 1.82) is 0 Å². The van der Waals surface area contributed by atoms with Crippen molar-refractivity contribution in [3.63, 3.8) is 0 Å². The highest BCUT2D eigenvalue weighted by Gasteiger charge is 2.10. The number of hydrogen-bond donors (Lipinski definition) is 2. The zero-order valence-electron chi connectivity index (χ0n) is 13.8. The second-order valence-corrected chi connectivity index (χ2v) is 5.99. The molecule has 0 saturated carbocycles. The van der Waals surface area contributed by atoms with E-state index in [0.29, 0.717) is 10.6 Å². The second-order valence-electron chi connectivity index (χ2n) is 5.56. The molecule has 0 aliphatic rings. The third kappa shape index (κ3) is 4.46. The molecule has 130 valence electrons. The number of halogens is 1. The van der Waals surface area contributed by atoms with Crippen molar-refractivity contribution < 1.29 is 9.59 Å². The average molecular weight is 366 g/mol. The Morgan fingerprint density at radius 1 is 1.00 bits per heavy atom. The van der Waals surface area contributed by atoms with Gasteiger partial charge >= 0.3 is 0 Å². The third-order valence-corrected chi connectivity index (χ3v) is 3.93. The lowest BCUT2D eigenvalue weighted by atomic mass is 10.0. The fraction of sp³-hybridized carbons (Fsp3) is 0.0500. The summed E-state index contributed by atoms with van der Waals surface area (Å²) in [7, 11) is 0. The fourth-order valence-electron chi connectivity index (χ4n) is 2.48. The third-order valence-electron chi connectivity index (χ3n) is 3.70. The van der Waals surface area contributed by atoms with Gasteiger partial charge in [0.25, 0.3) is 11.8 Å². The molecule has 0 spiro atoms. The highest BCUT2D eigenvalue weighted by atomic mass is 35.5. The molecule has 0 fully saturated rings. The van der Waals surface area contributed by atoms with E-state index in [1.54, 1.807) is 24.3 Å². The molecule has 0 unspecified atom stereocenters. The Morgan fingerprint density at radius 3 is 2.62 bits per heavy atom. The molecule has 0 bridgehead atoms. The first-order valence-electron chi connectivity index (χ1n) is 7.97. The Labute approximate surface area is 155 Å². The topological polar surface area (TPSA) is 70.6 Å². The van der Waals surface area contributed by atoms with Crippen LogP contribution < -0.4 is 10.7 Å². The van der Waals surface area contributed by atoms with Gasteiger partial charge in [-0.3, -0.25) is 9.59 Å². The number of carbonyl (C=O) groups excluding carboxylic acids is 2. The minimum absolute atomic E-state index is 0.172. The first-order valence-corrected chi connectivity index (χ1v) is 8.35. The normalized spacial score (nSPS) is 10.8. The molecule has 0 radical (unpaired) electrons. The highest BCUT2D eigenvalue weighted by molar-refractivity contribution is 6.30. The van der Waals surface area contributed by atoms with Crippen LogP contribution >= 0.6 is 11.6 Å². The molecule has 26 heavy (non-hydrogen) atoms. The number of benzene rings is 3. The molecule has 5 nitrogen and oxygen atoms in total. The van der Waals surface area contributed by atoms with E-state index in [9.17, 15) is 9.59 Å². The van der Waals surface area contributed by atoms with E-state index in [1.165, 1.54) is 6.21 Å². The van der Waals surface area contributed by atoms with Crippen LogP contribution in [-0.2, 0) is 4.79 Å². The summed E-state index contributed by atoms with van der Waals surface area (Å²) in [5.74, 6) is -0.729. The smallest absolute Gasteiger partial charge is 0.259 e. The van der Waals surface area contributed by atoms with E-state index in [2.05, 4.69) is 15.8 Å². The van der Waals surface area contributed by atoms with Crippen molar-refractivity contribution in [2.75, 3.05) is 6.54 Å². The Morgan fingerprint density at radius 2 is 1.77 bits per heavy atom. The average Bonchev–Trinajstić information content (AvgIpc) is 2.66. The molecule has 2 N–H and O–H groups in total. The second kappa shape index (κ2) is 8.27. The molecule has 0 aliphatic heterocycles. The lowest BCUT2D eigenvalue weighted by Crippen LogP contribution is -2.35. The summed E-state index contributed by atoms with van der Waals surface area (Å²) in [5.41, 5.74) is 3.66. The Hall–Kier alpha value is -3.18. The minimum atomic E-state index is -0.420. The summed E-state index contributed by atoms with van der Waals surface area (Å²) < 4.78 is 0. The van der Waals surface area contributed by atoms with Crippen molar-refractivity contribution in [3.05, 3.63) is 82.9 Å². The Bertz CT molecular complexity index is 980. The molecule has 3 aromatic carbocycles. The number of fused-ring (bicyclic) bond motifs is 1. The van der Waals surface area contributed by atoms with Crippen LogP contribution in [-0.4, -0.2) is 24.6 Å². The first-order chi connectivity index (χ1) is 12.6. The van der Waals surface area contributed by atoms with Gasteiger partial charge in [-0.05, 0) is 34.5 Å². The molecule has 6 heteroatoms. The minimum Gasteiger partial charge on any atom is -0.343 e. The number of carbonyl (C=O) groups is 2. The number of rotatable bonds is 5. The van der Waals surface area contributed by atoms with Gasteiger partial charge in [-0.25, -0.2) is 5.43 Å². The van der Waals surface area contributed by atoms with Crippen molar-refractivity contribution in [1.82, 2.24) is 10.7 Å². The van der Waals surface area contributed by atoms with Crippen LogP contribution in [0.5, 0.6) is 0 Å². The van der Waals surface area contributed by atoms with Crippen LogP contribution in [0.2, 0.25) is 5.02 Å². The summed E-state index contributed by atoms with van der Waals surface area (Å²) in [6.07, 6.45) is 1.48. The number of hydrazone groups is 1. The fourth-order valence-corrected chi connectivity index (χ4v) is 2.68. The monoisotopic (exact) mass is 365 g/mol. The van der Waals surface area contributed by atoms with Gasteiger partial charge in [-0.1, -0.05) is 60.1 Å². The molecule has 0 heterocycles. The predicted octanol–water partition coefficient (Wildman–Crippen LogP) is 3.37. The van der Waals surface area contributed by atoms with Crippen LogP contribution in [0.25, 0.3) is 10.8 Å². The summed E-state index contributed by atoms with van der Waals surface area (Å²) in [4.78, 5) is 24.2. The molecule has 0 aliphatic carbocycles. The van der Waals surface area contributed by atoms with Crippen molar-refractivity contribution in [3.8, 4) is 0 Å². The standard InChI is InChI=1S/C20H16ClN3O2/c21-16-8-3-5-14(11-16)12-23-24-19(25)13-22-20(26)18-10-4-7-15-6-1-2-9-17(15)18/h1-12H,13H2,(H,22,26)(H,24,25)/b23-12-. The summed E-state index contributed by atoms with van der Waals surface area (Å²) in [6, 6.07) is 20.1. The van der Waals surface area contributed by atoms with E-state index in [1.807, 2.05) is 42.5 Å². The summed E-state index contributed by atoms with van der Waals surface area (Å²) in [6.45, 7) is -0.172. The van der Waals surface area contributed by atoms with Crippen LogP contribution in [0.15, 0.2) is 71.8 Å². The lowest BCUT2D eigenvalue weighted by molar-refractivity contribution is -0.120. The maximum Gasteiger partial charge on any atom is 0.259 e. The summed E-state index contributed by atoms with van der Waals surface area (Å²) >= 11 is 5.87. The Balaban J connectivity index is 1.56. The zero-order valence-corrected chi connectivity index (χ0v) is 14.5. The molecular formula is C20H16ClN3O2. The van der Waals surface area contributed by atoms with Gasteiger partial charge in [0.05, 0.1) is 12.8 Å². The van der Waals surface area contributed by atoms with Gasteiger partial charge in [0.1, 0.15) is 0 Å². The van der Waals surface area contributed by atoms with Crippen LogP contribution in [0.4, 0.5) is 0 Å². The Kier molecular flexibility index (Phi) is 5.61. The molecule has 2 amide bonds. The molecule has 0 atom stereocenters. The number of amides is 2. The molecule has 0 saturated heterocycles. The van der Waals surface area contributed by atoms with Crippen LogP contribution in [0.1, 0.15) is 15.9 Å².